The summed E-state index contributed by atoms with van der Waals surface area (Å²) in [7, 11) is 6.37. The molecule has 3 rings (SSSR count). The minimum absolute atomic E-state index is 0.0688. The van der Waals surface area contributed by atoms with Crippen LogP contribution in [0.4, 0.5) is 0 Å². The van der Waals surface area contributed by atoms with Crippen molar-refractivity contribution in [3.63, 3.8) is 0 Å². The first kappa shape index (κ1) is 23.6. The highest BCUT2D eigenvalue weighted by Crippen LogP contribution is 2.34. The molecule has 1 N–H and O–H groups in total. The molecule has 0 saturated carbocycles. The van der Waals surface area contributed by atoms with Crippen LogP contribution in [0.3, 0.4) is 0 Å². The molecule has 0 aliphatic heterocycles. The van der Waals surface area contributed by atoms with Crippen LogP contribution in [-0.2, 0) is 16.0 Å². The Kier molecular flexibility index (Phi) is 8.10. The second kappa shape index (κ2) is 11.0. The highest BCUT2D eigenvalue weighted by Gasteiger charge is 2.17. The number of hydrogen-bond acceptors (Lipinski definition) is 8. The molecule has 8 heteroatoms. The van der Waals surface area contributed by atoms with Gasteiger partial charge in [-0.3, -0.25) is 4.90 Å². The Morgan fingerprint density at radius 2 is 1.59 bits per heavy atom. The third kappa shape index (κ3) is 5.21. The molecule has 0 saturated heterocycles. The van der Waals surface area contributed by atoms with Crippen molar-refractivity contribution in [2.24, 2.45) is 0 Å². The number of fused-ring (bicyclic) bond motifs is 1. The zero-order chi connectivity index (χ0) is 23.1. The van der Waals surface area contributed by atoms with Gasteiger partial charge in [0.2, 0.25) is 0 Å². The van der Waals surface area contributed by atoms with Crippen LogP contribution in [-0.4, -0.2) is 64.7 Å². The fourth-order valence-corrected chi connectivity index (χ4v) is 3.52. The molecule has 1 heterocycles. The number of hydrogen-bond donors (Lipinski definition) is 1. The van der Waals surface area contributed by atoms with Gasteiger partial charge in [-0.1, -0.05) is 6.07 Å². The average molecular weight is 443 g/mol. The Balaban J connectivity index is 2.03. The third-order valence-corrected chi connectivity index (χ3v) is 5.28. The molecule has 0 bridgehead atoms. The zero-order valence-corrected chi connectivity index (χ0v) is 18.8. The number of phenolic OH excluding ortho intramolecular Hbond substituents is 1. The Hall–Kier alpha value is -3.07. The summed E-state index contributed by atoms with van der Waals surface area (Å²) in [5.74, 6) is 1.16. The fraction of sp³-hybridized carbons (Fsp3) is 0.375. The Labute approximate surface area is 186 Å². The van der Waals surface area contributed by atoms with E-state index in [9.17, 15) is 9.90 Å². The normalized spacial score (nSPS) is 11.3. The van der Waals surface area contributed by atoms with Crippen LogP contribution in [0, 0.1) is 0 Å². The van der Waals surface area contributed by atoms with Crippen molar-refractivity contribution in [2.45, 2.75) is 6.54 Å². The average Bonchev–Trinajstić information content (AvgIpc) is 2.81. The zero-order valence-electron chi connectivity index (χ0n) is 18.8. The van der Waals surface area contributed by atoms with E-state index in [1.54, 1.807) is 64.8 Å². The van der Waals surface area contributed by atoms with E-state index < -0.39 is 5.63 Å². The summed E-state index contributed by atoms with van der Waals surface area (Å²) in [5, 5.41) is 11.2. The standard InChI is InChI=1S/C24H29NO7/c1-28-11-9-25(10-12-29-2)15-19-20(26)7-5-17-13-18(24(27)32-23(17)19)16-6-8-21(30-3)22(14-16)31-4/h5-8,13-14,26H,9-12,15H2,1-4H3. The van der Waals surface area contributed by atoms with Crippen molar-refractivity contribution in [2.75, 3.05) is 54.7 Å². The molecule has 0 aliphatic carbocycles. The van der Waals surface area contributed by atoms with Crippen LogP contribution < -0.4 is 15.1 Å². The van der Waals surface area contributed by atoms with Crippen LogP contribution in [0.25, 0.3) is 22.1 Å². The van der Waals surface area contributed by atoms with E-state index in [-0.39, 0.29) is 5.75 Å². The minimum atomic E-state index is -0.503. The summed E-state index contributed by atoms with van der Waals surface area (Å²) in [6.45, 7) is 2.73. The Morgan fingerprint density at radius 3 is 2.22 bits per heavy atom. The van der Waals surface area contributed by atoms with Crippen molar-refractivity contribution in [3.05, 3.63) is 52.4 Å². The summed E-state index contributed by atoms with van der Waals surface area (Å²) in [6, 6.07) is 10.4. The van der Waals surface area contributed by atoms with Crippen LogP contribution in [0.2, 0.25) is 0 Å². The first-order valence-corrected chi connectivity index (χ1v) is 10.2. The number of aromatic hydroxyl groups is 1. The maximum atomic E-state index is 12.9. The van der Waals surface area contributed by atoms with Gasteiger partial charge in [0.25, 0.3) is 0 Å². The lowest BCUT2D eigenvalue weighted by Crippen LogP contribution is -2.30. The maximum absolute atomic E-state index is 12.9. The topological polar surface area (TPSA) is 90.6 Å². The van der Waals surface area contributed by atoms with E-state index >= 15 is 0 Å². The van der Waals surface area contributed by atoms with Gasteiger partial charge in [-0.15, -0.1) is 0 Å². The second-order valence-corrected chi connectivity index (χ2v) is 7.26. The molecule has 0 unspecified atom stereocenters. The molecule has 0 fully saturated rings. The monoisotopic (exact) mass is 443 g/mol. The van der Waals surface area contributed by atoms with Gasteiger partial charge in [-0.2, -0.15) is 0 Å². The lowest BCUT2D eigenvalue weighted by molar-refractivity contribution is 0.110. The van der Waals surface area contributed by atoms with E-state index in [4.69, 9.17) is 23.4 Å². The molecule has 172 valence electrons. The van der Waals surface area contributed by atoms with Gasteiger partial charge < -0.3 is 28.5 Å². The summed E-state index contributed by atoms with van der Waals surface area (Å²) in [5.41, 5.74) is 1.45. The summed E-state index contributed by atoms with van der Waals surface area (Å²) in [4.78, 5) is 15.0. The number of nitrogens with zero attached hydrogens (tertiary/aromatic N) is 1. The molecule has 0 radical (unpaired) electrons. The molecule has 0 spiro atoms. The molecular formula is C24H29NO7. The third-order valence-electron chi connectivity index (χ3n) is 5.28. The molecule has 0 aliphatic rings. The van der Waals surface area contributed by atoms with Crippen molar-refractivity contribution in [3.8, 4) is 28.4 Å². The Bertz CT molecular complexity index is 1100. The van der Waals surface area contributed by atoms with Crippen molar-refractivity contribution in [1.82, 2.24) is 4.90 Å². The number of benzene rings is 2. The molecule has 0 amide bonds. The molecule has 0 atom stereocenters. The predicted molar refractivity (Wildman–Crippen MR) is 122 cm³/mol. The first-order valence-electron chi connectivity index (χ1n) is 10.2. The summed E-state index contributed by atoms with van der Waals surface area (Å²) >= 11 is 0. The molecular weight excluding hydrogens is 414 g/mol. The lowest BCUT2D eigenvalue weighted by atomic mass is 10.0. The van der Waals surface area contributed by atoms with Gasteiger partial charge in [-0.05, 0) is 35.9 Å². The van der Waals surface area contributed by atoms with Crippen LogP contribution in [0.15, 0.2) is 45.6 Å². The van der Waals surface area contributed by atoms with Crippen molar-refractivity contribution < 1.29 is 28.5 Å². The van der Waals surface area contributed by atoms with Gasteiger partial charge >= 0.3 is 5.63 Å². The summed E-state index contributed by atoms with van der Waals surface area (Å²) < 4.78 is 26.7. The van der Waals surface area contributed by atoms with E-state index in [1.807, 2.05) is 0 Å². The quantitative estimate of drug-likeness (QED) is 0.452. The highest BCUT2D eigenvalue weighted by atomic mass is 16.5. The van der Waals surface area contributed by atoms with Gasteiger partial charge in [-0.25, -0.2) is 4.79 Å². The molecule has 32 heavy (non-hydrogen) atoms. The highest BCUT2D eigenvalue weighted by molar-refractivity contribution is 5.86. The van der Waals surface area contributed by atoms with Gasteiger partial charge in [0.05, 0.1) is 38.6 Å². The number of methoxy groups -OCH3 is 4. The van der Waals surface area contributed by atoms with Crippen LogP contribution in [0.1, 0.15) is 5.56 Å². The van der Waals surface area contributed by atoms with E-state index in [2.05, 4.69) is 4.90 Å². The predicted octanol–water partition coefficient (Wildman–Crippen LogP) is 3.28. The number of phenols is 1. The van der Waals surface area contributed by atoms with E-state index in [1.165, 1.54) is 0 Å². The second-order valence-electron chi connectivity index (χ2n) is 7.26. The summed E-state index contributed by atoms with van der Waals surface area (Å²) in [6.07, 6.45) is 0. The van der Waals surface area contributed by atoms with Crippen LogP contribution in [0.5, 0.6) is 17.2 Å². The minimum Gasteiger partial charge on any atom is -0.507 e. The van der Waals surface area contributed by atoms with E-state index in [0.29, 0.717) is 72.0 Å². The number of ether oxygens (including phenoxy) is 4. The smallest absolute Gasteiger partial charge is 0.344 e. The van der Waals surface area contributed by atoms with Gasteiger partial charge in [0, 0.05) is 39.2 Å². The van der Waals surface area contributed by atoms with Crippen molar-refractivity contribution >= 4 is 11.0 Å². The Morgan fingerprint density at radius 1 is 0.906 bits per heavy atom. The molecule has 3 aromatic rings. The SMILES string of the molecule is COCCN(CCOC)Cc1c(O)ccc2cc(-c3ccc(OC)c(OC)c3)c(=O)oc12. The van der Waals surface area contributed by atoms with Crippen LogP contribution >= 0.6 is 0 Å². The molecule has 1 aromatic heterocycles. The van der Waals surface area contributed by atoms with Gasteiger partial charge in [0.15, 0.2) is 11.5 Å². The molecule has 8 nitrogen and oxygen atoms in total. The largest absolute Gasteiger partial charge is 0.507 e. The van der Waals surface area contributed by atoms with Gasteiger partial charge in [0.1, 0.15) is 11.3 Å². The molecule has 2 aromatic carbocycles. The lowest BCUT2D eigenvalue weighted by Gasteiger charge is -2.22. The van der Waals surface area contributed by atoms with E-state index in [0.717, 1.165) is 0 Å². The maximum Gasteiger partial charge on any atom is 0.344 e. The van der Waals surface area contributed by atoms with Crippen molar-refractivity contribution in [1.29, 1.82) is 0 Å². The first-order chi connectivity index (χ1) is 15.5. The number of rotatable bonds is 11. The fourth-order valence-electron chi connectivity index (χ4n) is 3.52.